The van der Waals surface area contributed by atoms with Crippen molar-refractivity contribution in [1.29, 1.82) is 0 Å². The topological polar surface area (TPSA) is 43.5 Å². The van der Waals surface area contributed by atoms with Crippen LogP contribution in [0.15, 0.2) is 24.3 Å². The van der Waals surface area contributed by atoms with Crippen molar-refractivity contribution in [3.8, 4) is 11.5 Å². The molecule has 4 heteroatoms. The van der Waals surface area contributed by atoms with Crippen LogP contribution in [0.1, 0.15) is 144 Å². The van der Waals surface area contributed by atoms with Crippen LogP contribution in [0.3, 0.4) is 0 Å². The van der Waals surface area contributed by atoms with E-state index in [2.05, 4.69) is 135 Å². The quantitative estimate of drug-likeness (QED) is 0.286. The van der Waals surface area contributed by atoms with Crippen molar-refractivity contribution in [2.24, 2.45) is 0 Å². The lowest BCUT2D eigenvalue weighted by Crippen LogP contribution is -2.28. The fraction of sp³-hybridized carbons (Fsp3) is 0.692. The van der Waals surface area contributed by atoms with Gasteiger partial charge in [-0.2, -0.15) is 0 Å². The molecule has 4 rings (SSSR count). The van der Waals surface area contributed by atoms with E-state index in [-0.39, 0.29) is 51.5 Å². The highest BCUT2D eigenvalue weighted by Gasteiger charge is 2.39. The van der Waals surface area contributed by atoms with Crippen LogP contribution >= 0.6 is 0 Å². The maximum absolute atomic E-state index is 6.64. The van der Waals surface area contributed by atoms with Gasteiger partial charge in [0.1, 0.15) is 36.9 Å². The maximum Gasteiger partial charge on any atom is 0.126 e. The van der Waals surface area contributed by atoms with Crippen LogP contribution in [0.5, 0.6) is 11.5 Å². The molecule has 2 aliphatic rings. The van der Waals surface area contributed by atoms with Gasteiger partial charge < -0.3 is 18.9 Å². The highest BCUT2D eigenvalue weighted by Crippen LogP contribution is 2.48. The minimum absolute atomic E-state index is 0.0930. The van der Waals surface area contributed by atoms with E-state index in [9.17, 15) is 0 Å². The van der Waals surface area contributed by atoms with Crippen molar-refractivity contribution >= 4 is 0 Å². The number of benzene rings is 2. The Kier molecular flexibility index (Phi) is 8.73. The van der Waals surface area contributed by atoms with Crippen molar-refractivity contribution < 1.29 is 18.9 Å². The third-order valence-electron chi connectivity index (χ3n) is 9.31. The molecule has 2 fully saturated rings. The van der Waals surface area contributed by atoms with E-state index in [1.54, 1.807) is 0 Å². The molecule has 0 saturated carbocycles. The number of hydrogen-bond donors (Lipinski definition) is 0. The van der Waals surface area contributed by atoms with Gasteiger partial charge in [-0.1, -0.05) is 121 Å². The molecule has 0 bridgehead atoms. The Balaban J connectivity index is 1.91. The average molecular weight is 593 g/mol. The zero-order chi connectivity index (χ0) is 32.5. The number of epoxide rings is 2. The first-order valence-corrected chi connectivity index (χ1v) is 16.4. The van der Waals surface area contributed by atoms with Crippen LogP contribution in [0.25, 0.3) is 0 Å². The van der Waals surface area contributed by atoms with Crippen LogP contribution in [-0.2, 0) is 36.5 Å². The van der Waals surface area contributed by atoms with E-state index in [4.69, 9.17) is 18.9 Å². The predicted molar refractivity (Wildman–Crippen MR) is 179 cm³/mol. The molecule has 4 atom stereocenters. The van der Waals surface area contributed by atoms with Crippen molar-refractivity contribution in [1.82, 2.24) is 0 Å². The summed E-state index contributed by atoms with van der Waals surface area (Å²) in [6.07, 6.45) is 0.906. The maximum atomic E-state index is 6.64. The third-order valence-corrected chi connectivity index (χ3v) is 9.31. The van der Waals surface area contributed by atoms with Crippen molar-refractivity contribution in [3.05, 3.63) is 57.6 Å². The highest BCUT2D eigenvalue weighted by molar-refractivity contribution is 5.57. The summed E-state index contributed by atoms with van der Waals surface area (Å²) in [6.45, 7) is 37.7. The Morgan fingerprint density at radius 1 is 0.488 bits per heavy atom. The van der Waals surface area contributed by atoms with Gasteiger partial charge >= 0.3 is 0 Å². The largest absolute Gasteiger partial charge is 0.490 e. The molecule has 4 unspecified atom stereocenters. The van der Waals surface area contributed by atoms with E-state index in [0.717, 1.165) is 11.5 Å². The van der Waals surface area contributed by atoms with Gasteiger partial charge in [-0.15, -0.1) is 0 Å². The van der Waals surface area contributed by atoms with Gasteiger partial charge in [-0.05, 0) is 46.6 Å². The second kappa shape index (κ2) is 11.1. The minimum Gasteiger partial charge on any atom is -0.490 e. The molecule has 2 aliphatic heterocycles. The lowest BCUT2D eigenvalue weighted by atomic mass is 9.69. The van der Waals surface area contributed by atoms with Gasteiger partial charge in [0.25, 0.3) is 0 Å². The Morgan fingerprint density at radius 3 is 0.907 bits per heavy atom. The van der Waals surface area contributed by atoms with Gasteiger partial charge in [0.15, 0.2) is 0 Å². The lowest BCUT2D eigenvalue weighted by molar-refractivity contribution is 0.251. The number of hydrogen-bond acceptors (Lipinski definition) is 4. The van der Waals surface area contributed by atoms with E-state index in [1.165, 1.54) is 33.4 Å². The first-order chi connectivity index (χ1) is 19.4. The lowest BCUT2D eigenvalue weighted by Gasteiger charge is -2.37. The average Bonchev–Trinajstić information content (AvgIpc) is 3.75. The summed E-state index contributed by atoms with van der Waals surface area (Å²) in [7, 11) is 0. The molecule has 43 heavy (non-hydrogen) atoms. The molecule has 0 aliphatic carbocycles. The van der Waals surface area contributed by atoms with Gasteiger partial charge in [0, 0.05) is 27.7 Å². The summed E-state index contributed by atoms with van der Waals surface area (Å²) in [5, 5.41) is 0. The molecule has 2 saturated heterocycles. The zero-order valence-corrected chi connectivity index (χ0v) is 30.2. The zero-order valence-electron chi connectivity index (χ0n) is 30.2. The molecule has 0 radical (unpaired) electrons. The summed E-state index contributed by atoms with van der Waals surface area (Å²) < 4.78 is 24.7. The van der Waals surface area contributed by atoms with Gasteiger partial charge in [-0.3, -0.25) is 0 Å². The number of rotatable bonds is 8. The Hall–Kier alpha value is -2.04. The predicted octanol–water partition coefficient (Wildman–Crippen LogP) is 9.53. The molecule has 0 N–H and O–H groups in total. The fourth-order valence-corrected chi connectivity index (χ4v) is 5.83. The third kappa shape index (κ3) is 7.44. The second-order valence-corrected chi connectivity index (χ2v) is 17.8. The molecule has 2 aromatic rings. The molecule has 0 amide bonds. The van der Waals surface area contributed by atoms with E-state index in [0.29, 0.717) is 13.2 Å². The fourth-order valence-electron chi connectivity index (χ4n) is 5.83. The van der Waals surface area contributed by atoms with Crippen LogP contribution in [0.2, 0.25) is 0 Å². The minimum atomic E-state index is -0.265. The van der Waals surface area contributed by atoms with E-state index >= 15 is 0 Å². The van der Waals surface area contributed by atoms with Crippen LogP contribution in [0, 0.1) is 0 Å². The van der Waals surface area contributed by atoms with E-state index in [1.807, 2.05) is 0 Å². The molecule has 2 heterocycles. The Bertz CT molecular complexity index is 1150. The molecule has 2 aromatic carbocycles. The molecule has 240 valence electrons. The van der Waals surface area contributed by atoms with Crippen LogP contribution < -0.4 is 9.47 Å². The number of ether oxygens (including phenoxy) is 4. The standard InChI is InChI=1S/C39H60O4/c1-23-31(42-23)21-40-33-27(35(3,4)5)17-25(18-28(33)36(6,7)8)39(15,16)26-19-29(37(9,10)11)34(30(20-26)38(12,13)14)41-22-32-24(2)43-32/h17-20,23-24,31-32H,21-22H2,1-16H3. The second-order valence-electron chi connectivity index (χ2n) is 17.8. The Morgan fingerprint density at radius 2 is 0.721 bits per heavy atom. The summed E-state index contributed by atoms with van der Waals surface area (Å²) in [4.78, 5) is 0. The normalized spacial score (nSPS) is 22.9. The first kappa shape index (κ1) is 33.8. The molecule has 0 spiro atoms. The monoisotopic (exact) mass is 592 g/mol. The summed E-state index contributed by atoms with van der Waals surface area (Å²) in [5.74, 6) is 2.04. The van der Waals surface area contributed by atoms with Crippen LogP contribution in [-0.4, -0.2) is 37.6 Å². The Labute approximate surface area is 263 Å². The smallest absolute Gasteiger partial charge is 0.126 e. The van der Waals surface area contributed by atoms with Crippen LogP contribution in [0.4, 0.5) is 0 Å². The van der Waals surface area contributed by atoms with Gasteiger partial charge in [0.05, 0.1) is 12.2 Å². The van der Waals surface area contributed by atoms with Crippen molar-refractivity contribution in [2.75, 3.05) is 13.2 Å². The highest BCUT2D eigenvalue weighted by atomic mass is 16.6. The molecule has 4 nitrogen and oxygen atoms in total. The molecular formula is C39H60O4. The molecule has 0 aromatic heterocycles. The van der Waals surface area contributed by atoms with Crippen molar-refractivity contribution in [2.45, 2.75) is 162 Å². The summed E-state index contributed by atoms with van der Waals surface area (Å²) in [5.41, 5.74) is 6.98. The molecular weight excluding hydrogens is 532 g/mol. The van der Waals surface area contributed by atoms with Gasteiger partial charge in [-0.25, -0.2) is 0 Å². The SMILES string of the molecule is CC1OC1COc1c(C(C)(C)C)cc(C(C)(C)c2cc(C(C)(C)C)c(OCC3OC3C)c(C(C)(C)C)c2)cc1C(C)(C)C. The van der Waals surface area contributed by atoms with Gasteiger partial charge in [0.2, 0.25) is 0 Å². The first-order valence-electron chi connectivity index (χ1n) is 16.4. The summed E-state index contributed by atoms with van der Waals surface area (Å²) >= 11 is 0. The summed E-state index contributed by atoms with van der Waals surface area (Å²) in [6, 6.07) is 9.63. The van der Waals surface area contributed by atoms with E-state index < -0.39 is 0 Å². The van der Waals surface area contributed by atoms with Crippen molar-refractivity contribution in [3.63, 3.8) is 0 Å².